The van der Waals surface area contributed by atoms with Crippen molar-refractivity contribution < 1.29 is 19.0 Å². The van der Waals surface area contributed by atoms with Crippen LogP contribution < -0.4 is 0 Å². The van der Waals surface area contributed by atoms with E-state index in [0.29, 0.717) is 13.0 Å². The highest BCUT2D eigenvalue weighted by Gasteiger charge is 2.49. The molecule has 110 valence electrons. The molecule has 4 nitrogen and oxygen atoms in total. The van der Waals surface area contributed by atoms with E-state index in [1.165, 1.54) is 12.7 Å². The second-order valence-corrected chi connectivity index (χ2v) is 5.45. The predicted octanol–water partition coefficient (Wildman–Crippen LogP) is 3.87. The van der Waals surface area contributed by atoms with E-state index in [0.717, 1.165) is 29.8 Å². The summed E-state index contributed by atoms with van der Waals surface area (Å²) in [6.45, 7) is 2.45. The number of hydrogen-bond donors (Lipinski definition) is 0. The number of aryl methyl sites for hydroxylation is 2. The fourth-order valence-corrected chi connectivity index (χ4v) is 2.25. The zero-order valence-corrected chi connectivity index (χ0v) is 12.5. The van der Waals surface area contributed by atoms with Gasteiger partial charge in [0.15, 0.2) is 0 Å². The Bertz CT molecular complexity index is 483. The van der Waals surface area contributed by atoms with Crippen LogP contribution in [0.5, 0.6) is 0 Å². The topological polar surface area (TPSA) is 48.1 Å². The number of ether oxygens (including phenoxy) is 3. The van der Waals surface area contributed by atoms with Gasteiger partial charge in [-0.05, 0) is 43.4 Å². The number of carbonyl (C=O) groups is 1. The average molecular weight is 299 g/mol. The summed E-state index contributed by atoms with van der Waals surface area (Å²) < 4.78 is 14.8. The number of epoxide rings is 1. The standard InChI is InChI=1S/C15H19ClO4/c1-11-6-7-12(9-13(11)16)5-3-4-8-15(10-19-15)20-14(17)18-2/h6-7,9H,3-5,8,10H2,1-2H3. The number of hydrogen-bond acceptors (Lipinski definition) is 4. The number of halogens is 1. The number of unbranched alkanes of at least 4 members (excludes halogenated alkanes) is 1. The molecule has 20 heavy (non-hydrogen) atoms. The van der Waals surface area contributed by atoms with Gasteiger partial charge in [-0.3, -0.25) is 0 Å². The molecule has 1 aliphatic rings. The zero-order valence-electron chi connectivity index (χ0n) is 11.8. The molecule has 0 radical (unpaired) electrons. The highest BCUT2D eigenvalue weighted by molar-refractivity contribution is 6.31. The van der Waals surface area contributed by atoms with E-state index >= 15 is 0 Å². The van der Waals surface area contributed by atoms with Gasteiger partial charge in [-0.25, -0.2) is 4.79 Å². The lowest BCUT2D eigenvalue weighted by molar-refractivity contribution is -0.0323. The molecule has 1 unspecified atom stereocenters. The van der Waals surface area contributed by atoms with Gasteiger partial charge in [0.2, 0.25) is 5.79 Å². The Morgan fingerprint density at radius 1 is 1.45 bits per heavy atom. The molecule has 0 aliphatic carbocycles. The molecule has 0 saturated carbocycles. The highest BCUT2D eigenvalue weighted by Crippen LogP contribution is 2.34. The van der Waals surface area contributed by atoms with E-state index in [1.54, 1.807) is 0 Å². The van der Waals surface area contributed by atoms with Gasteiger partial charge < -0.3 is 14.2 Å². The fourth-order valence-electron chi connectivity index (χ4n) is 2.04. The van der Waals surface area contributed by atoms with Gasteiger partial charge in [-0.2, -0.15) is 0 Å². The minimum absolute atomic E-state index is 0.457. The Morgan fingerprint density at radius 2 is 2.20 bits per heavy atom. The third-order valence-electron chi connectivity index (χ3n) is 3.41. The summed E-state index contributed by atoms with van der Waals surface area (Å²) in [5, 5.41) is 0.804. The summed E-state index contributed by atoms with van der Waals surface area (Å²) in [4.78, 5) is 11.1. The largest absolute Gasteiger partial charge is 0.510 e. The maximum absolute atomic E-state index is 11.1. The zero-order chi connectivity index (χ0) is 14.6. The van der Waals surface area contributed by atoms with Gasteiger partial charge >= 0.3 is 6.16 Å². The first-order valence-electron chi connectivity index (χ1n) is 6.71. The van der Waals surface area contributed by atoms with Crippen LogP contribution in [0.15, 0.2) is 18.2 Å². The quantitative estimate of drug-likeness (QED) is 0.454. The smallest absolute Gasteiger partial charge is 0.438 e. The van der Waals surface area contributed by atoms with Crippen molar-refractivity contribution in [2.24, 2.45) is 0 Å². The van der Waals surface area contributed by atoms with Crippen molar-refractivity contribution in [3.8, 4) is 0 Å². The van der Waals surface area contributed by atoms with Gasteiger partial charge in [0.1, 0.15) is 6.61 Å². The van der Waals surface area contributed by atoms with Gasteiger partial charge in [0.05, 0.1) is 7.11 Å². The van der Waals surface area contributed by atoms with Crippen LogP contribution in [0.4, 0.5) is 4.79 Å². The fraction of sp³-hybridized carbons (Fsp3) is 0.533. The van der Waals surface area contributed by atoms with Crippen molar-refractivity contribution in [1.29, 1.82) is 0 Å². The molecule has 0 amide bonds. The van der Waals surface area contributed by atoms with Crippen molar-refractivity contribution in [2.75, 3.05) is 13.7 Å². The molecule has 5 heteroatoms. The van der Waals surface area contributed by atoms with Crippen molar-refractivity contribution in [1.82, 2.24) is 0 Å². The highest BCUT2D eigenvalue weighted by atomic mass is 35.5. The molecule has 1 aliphatic heterocycles. The maximum atomic E-state index is 11.1. The maximum Gasteiger partial charge on any atom is 0.510 e. The summed E-state index contributed by atoms with van der Waals surface area (Å²) in [5.41, 5.74) is 2.31. The third-order valence-corrected chi connectivity index (χ3v) is 3.82. The summed E-state index contributed by atoms with van der Waals surface area (Å²) in [5.74, 6) is -0.738. The van der Waals surface area contributed by atoms with Crippen molar-refractivity contribution >= 4 is 17.8 Å². The van der Waals surface area contributed by atoms with Gasteiger partial charge in [0, 0.05) is 11.4 Å². The van der Waals surface area contributed by atoms with E-state index in [-0.39, 0.29) is 0 Å². The first kappa shape index (κ1) is 15.1. The Balaban J connectivity index is 1.71. The van der Waals surface area contributed by atoms with Crippen molar-refractivity contribution in [2.45, 2.75) is 38.4 Å². The minimum Gasteiger partial charge on any atom is -0.438 e. The lowest BCUT2D eigenvalue weighted by Crippen LogP contribution is -2.21. The Labute approximate surface area is 124 Å². The summed E-state index contributed by atoms with van der Waals surface area (Å²) >= 11 is 6.09. The summed E-state index contributed by atoms with van der Waals surface area (Å²) in [6, 6.07) is 6.13. The second-order valence-electron chi connectivity index (χ2n) is 5.05. The number of carbonyl (C=O) groups excluding carboxylic acids is 1. The average Bonchev–Trinajstić information content (AvgIpc) is 3.18. The molecule has 2 rings (SSSR count). The summed E-state index contributed by atoms with van der Waals surface area (Å²) in [7, 11) is 1.29. The van der Waals surface area contributed by atoms with Crippen LogP contribution in [0.2, 0.25) is 5.02 Å². The van der Waals surface area contributed by atoms with Crippen LogP contribution in [0.25, 0.3) is 0 Å². The number of methoxy groups -OCH3 is 1. The lowest BCUT2D eigenvalue weighted by atomic mass is 10.0. The molecule has 0 spiro atoms. The molecule has 0 bridgehead atoms. The predicted molar refractivity (Wildman–Crippen MR) is 75.9 cm³/mol. The molecular weight excluding hydrogens is 280 g/mol. The number of benzene rings is 1. The third kappa shape index (κ3) is 4.12. The SMILES string of the molecule is COC(=O)OC1(CCCCc2ccc(C)c(Cl)c2)CO1. The van der Waals surface area contributed by atoms with Crippen LogP contribution in [0.1, 0.15) is 30.4 Å². The van der Waals surface area contributed by atoms with Crippen LogP contribution >= 0.6 is 11.6 Å². The first-order chi connectivity index (χ1) is 9.54. The molecule has 1 fully saturated rings. The molecule has 1 aromatic rings. The Morgan fingerprint density at radius 3 is 2.80 bits per heavy atom. The van der Waals surface area contributed by atoms with Crippen LogP contribution in [0.3, 0.4) is 0 Å². The molecule has 1 aromatic carbocycles. The molecular formula is C15H19ClO4. The van der Waals surface area contributed by atoms with Crippen molar-refractivity contribution in [3.63, 3.8) is 0 Å². The Kier molecular flexibility index (Phi) is 4.89. The number of rotatable bonds is 6. The van der Waals surface area contributed by atoms with E-state index in [4.69, 9.17) is 21.1 Å². The van der Waals surface area contributed by atoms with Gasteiger partial charge in [-0.15, -0.1) is 0 Å². The van der Waals surface area contributed by atoms with Crippen LogP contribution in [-0.4, -0.2) is 25.7 Å². The second kappa shape index (κ2) is 6.46. The molecule has 1 heterocycles. The first-order valence-corrected chi connectivity index (χ1v) is 7.08. The van der Waals surface area contributed by atoms with Crippen LogP contribution in [-0.2, 0) is 20.6 Å². The van der Waals surface area contributed by atoms with E-state index in [9.17, 15) is 4.79 Å². The van der Waals surface area contributed by atoms with E-state index in [2.05, 4.69) is 10.8 Å². The summed E-state index contributed by atoms with van der Waals surface area (Å²) in [6.07, 6.45) is 2.88. The van der Waals surface area contributed by atoms with E-state index < -0.39 is 11.9 Å². The monoisotopic (exact) mass is 298 g/mol. The minimum atomic E-state index is -0.738. The normalized spacial score (nSPS) is 20.6. The van der Waals surface area contributed by atoms with Crippen molar-refractivity contribution in [3.05, 3.63) is 34.3 Å². The lowest BCUT2D eigenvalue weighted by Gasteiger charge is -2.12. The van der Waals surface area contributed by atoms with Gasteiger partial charge in [-0.1, -0.05) is 23.7 Å². The Hall–Kier alpha value is -1.26. The molecule has 0 aromatic heterocycles. The molecule has 1 saturated heterocycles. The molecule has 1 atom stereocenters. The molecule has 0 N–H and O–H groups in total. The van der Waals surface area contributed by atoms with Gasteiger partial charge in [0.25, 0.3) is 0 Å². The van der Waals surface area contributed by atoms with Crippen LogP contribution in [0, 0.1) is 6.92 Å². The van der Waals surface area contributed by atoms with E-state index in [1.807, 2.05) is 19.1 Å².